The molecule has 2 rings (SSSR count). The maximum Gasteiger partial charge on any atom is 0.376 e. The second-order valence-corrected chi connectivity index (χ2v) is 6.51. The van der Waals surface area contributed by atoms with Gasteiger partial charge in [0, 0.05) is 17.2 Å². The van der Waals surface area contributed by atoms with E-state index in [1.54, 1.807) is 19.1 Å². The second kappa shape index (κ2) is 10.8. The number of aliphatic carboxylic acids is 1. The number of carbonyl (C=O) groups is 3. The van der Waals surface area contributed by atoms with Gasteiger partial charge in [0.1, 0.15) is 5.76 Å². The summed E-state index contributed by atoms with van der Waals surface area (Å²) >= 11 is 0. The Morgan fingerprint density at radius 1 is 0.714 bits per heavy atom. The van der Waals surface area contributed by atoms with Crippen LogP contribution in [0.1, 0.15) is 52.5 Å². The summed E-state index contributed by atoms with van der Waals surface area (Å²) < 4.78 is 0. The van der Waals surface area contributed by atoms with Crippen LogP contribution in [0.5, 0.6) is 0 Å². The van der Waals surface area contributed by atoms with Crippen molar-refractivity contribution in [3.8, 4) is 0 Å². The minimum Gasteiger partial charge on any atom is -0.507 e. The topological polar surface area (TPSA) is 91.7 Å². The first-order chi connectivity index (χ1) is 12.5. The number of rotatable bonds is 4. The Balaban J connectivity index is 0.000000535. The van der Waals surface area contributed by atoms with Gasteiger partial charge in [0.15, 0.2) is 5.78 Å². The summed E-state index contributed by atoms with van der Waals surface area (Å²) in [7, 11) is 0. The molecule has 5 nitrogen and oxygen atoms in total. The van der Waals surface area contributed by atoms with Gasteiger partial charge in [0.25, 0.3) is 5.78 Å². The lowest BCUT2D eigenvalue weighted by molar-refractivity contribution is -0.146. The third-order valence-corrected chi connectivity index (χ3v) is 3.62. The molecule has 0 fully saturated rings. The molecular weight excluding hydrogens is 356 g/mol. The number of hydrogen-bond donors (Lipinski definition) is 2. The highest BCUT2D eigenvalue weighted by molar-refractivity contribution is 6.38. The van der Waals surface area contributed by atoms with E-state index in [0.717, 1.165) is 27.8 Å². The van der Waals surface area contributed by atoms with Crippen LogP contribution in [0.3, 0.4) is 0 Å². The predicted octanol–water partition coefficient (Wildman–Crippen LogP) is 5.00. The fourth-order valence-electron chi connectivity index (χ4n) is 2.57. The van der Waals surface area contributed by atoms with Crippen molar-refractivity contribution in [2.24, 2.45) is 0 Å². The van der Waals surface area contributed by atoms with E-state index in [9.17, 15) is 19.5 Å². The first kappa shape index (κ1) is 24.8. The lowest BCUT2D eigenvalue weighted by atomic mass is 10.1. The van der Waals surface area contributed by atoms with Crippen LogP contribution in [0.2, 0.25) is 0 Å². The molecule has 0 saturated carbocycles. The minimum atomic E-state index is -1.59. The van der Waals surface area contributed by atoms with Crippen molar-refractivity contribution >= 4 is 23.3 Å². The third kappa shape index (κ3) is 7.99. The zero-order valence-electron chi connectivity index (χ0n) is 16.2. The summed E-state index contributed by atoms with van der Waals surface area (Å²) in [6.07, 6.45) is 0.705. The summed E-state index contributed by atoms with van der Waals surface area (Å²) in [5, 5.41) is 17.9. The van der Waals surface area contributed by atoms with E-state index in [0.29, 0.717) is 11.6 Å². The molecule has 0 aromatic heterocycles. The number of aliphatic hydroxyl groups excluding tert-OH is 1. The molecule has 150 valence electrons. The quantitative estimate of drug-likeness (QED) is 0.335. The lowest BCUT2D eigenvalue weighted by Crippen LogP contribution is -2.09. The molecule has 0 saturated heterocycles. The number of aliphatic hydroxyl groups is 1. The highest BCUT2D eigenvalue weighted by Crippen LogP contribution is 2.15. The Bertz CT molecular complexity index is 867. The van der Waals surface area contributed by atoms with Crippen LogP contribution in [-0.4, -0.2) is 27.7 Å². The molecule has 0 amide bonds. The van der Waals surface area contributed by atoms with Crippen molar-refractivity contribution < 1.29 is 24.6 Å². The highest BCUT2D eigenvalue weighted by atomic mass is 16.4. The molecule has 28 heavy (non-hydrogen) atoms. The van der Waals surface area contributed by atoms with Crippen molar-refractivity contribution in [1.29, 1.82) is 0 Å². The van der Waals surface area contributed by atoms with Gasteiger partial charge in [-0.1, -0.05) is 41.8 Å². The van der Waals surface area contributed by atoms with E-state index in [4.69, 9.17) is 5.11 Å². The molecular formula is C23H28O5. The Morgan fingerprint density at radius 2 is 1.07 bits per heavy atom. The van der Waals surface area contributed by atoms with E-state index in [1.807, 2.05) is 45.9 Å². The average Bonchev–Trinajstić information content (AvgIpc) is 2.53. The van der Waals surface area contributed by atoms with Gasteiger partial charge in [-0.25, -0.2) is 4.79 Å². The Morgan fingerprint density at radius 3 is 1.39 bits per heavy atom. The number of hydrogen-bond acceptors (Lipinski definition) is 4. The molecule has 0 aliphatic rings. The molecule has 0 radical (unpaired) electrons. The lowest BCUT2D eigenvalue weighted by Gasteiger charge is -2.03. The number of carbonyl (C=O) groups excluding carboxylic acids is 2. The van der Waals surface area contributed by atoms with Crippen molar-refractivity contribution in [3.05, 3.63) is 75.9 Å². The zero-order chi connectivity index (χ0) is 20.7. The van der Waals surface area contributed by atoms with Gasteiger partial charge in [-0.15, -0.1) is 0 Å². The summed E-state index contributed by atoms with van der Waals surface area (Å²) in [6, 6.07) is 11.1. The standard InChI is InChI=1S/C12H12O4.C10H12O.CH4/c1-7-3-8(2)5-9(4-7)10(13)6-11(14)12(15)16;1-7-4-8(2)6-10(5-7)9(3)11;/h3-6,13H,1-2H3,(H,15,16);4-6H,1-3H3;1H4. The molecule has 0 aliphatic heterocycles. The Labute approximate surface area is 166 Å². The molecule has 0 bridgehead atoms. The fourth-order valence-corrected chi connectivity index (χ4v) is 2.57. The smallest absolute Gasteiger partial charge is 0.376 e. The van der Waals surface area contributed by atoms with Crippen molar-refractivity contribution in [1.82, 2.24) is 0 Å². The first-order valence-electron chi connectivity index (χ1n) is 8.35. The maximum atomic E-state index is 10.9. The number of Topliss-reactive ketones (excluding diaryl/α,β-unsaturated/α-hetero) is 1. The largest absolute Gasteiger partial charge is 0.507 e. The maximum absolute atomic E-state index is 10.9. The van der Waals surface area contributed by atoms with Crippen LogP contribution in [0.25, 0.3) is 5.76 Å². The summed E-state index contributed by atoms with van der Waals surface area (Å²) in [5.74, 6) is -2.93. The monoisotopic (exact) mass is 384 g/mol. The van der Waals surface area contributed by atoms with Crippen LogP contribution < -0.4 is 0 Å². The van der Waals surface area contributed by atoms with Crippen LogP contribution in [0.15, 0.2) is 42.5 Å². The molecule has 2 aromatic carbocycles. The Hall–Kier alpha value is -3.21. The molecule has 5 heteroatoms. The minimum absolute atomic E-state index is 0. The van der Waals surface area contributed by atoms with E-state index < -0.39 is 11.8 Å². The van der Waals surface area contributed by atoms with E-state index in [2.05, 4.69) is 6.07 Å². The van der Waals surface area contributed by atoms with Crippen LogP contribution in [0.4, 0.5) is 0 Å². The van der Waals surface area contributed by atoms with Gasteiger partial charge in [0.2, 0.25) is 0 Å². The number of carboxylic acids is 1. The van der Waals surface area contributed by atoms with Gasteiger partial charge in [-0.05, 0) is 58.9 Å². The van der Waals surface area contributed by atoms with Gasteiger partial charge in [-0.2, -0.15) is 0 Å². The summed E-state index contributed by atoms with van der Waals surface area (Å²) in [6.45, 7) is 9.29. The normalized spacial score (nSPS) is 10.2. The van der Waals surface area contributed by atoms with Gasteiger partial charge in [0.05, 0.1) is 0 Å². The van der Waals surface area contributed by atoms with E-state index in [1.165, 1.54) is 0 Å². The third-order valence-electron chi connectivity index (χ3n) is 3.62. The zero-order valence-corrected chi connectivity index (χ0v) is 16.2. The van der Waals surface area contributed by atoms with Crippen molar-refractivity contribution in [2.45, 2.75) is 42.0 Å². The van der Waals surface area contributed by atoms with Crippen LogP contribution in [-0.2, 0) is 9.59 Å². The van der Waals surface area contributed by atoms with Crippen molar-refractivity contribution in [2.75, 3.05) is 0 Å². The molecule has 0 heterocycles. The van der Waals surface area contributed by atoms with Crippen LogP contribution in [0, 0.1) is 27.7 Å². The van der Waals surface area contributed by atoms with Gasteiger partial charge in [-0.3, -0.25) is 9.59 Å². The Kier molecular flexibility index (Phi) is 9.58. The summed E-state index contributed by atoms with van der Waals surface area (Å²) in [4.78, 5) is 32.1. The molecule has 0 spiro atoms. The SMILES string of the molecule is C.CC(=O)c1cc(C)cc(C)c1.Cc1cc(C)cc(C(O)=CC(=O)C(=O)O)c1. The molecule has 2 N–H and O–H groups in total. The average molecular weight is 384 g/mol. The molecule has 0 atom stereocenters. The number of ketones is 2. The van der Waals surface area contributed by atoms with Crippen LogP contribution >= 0.6 is 0 Å². The highest BCUT2D eigenvalue weighted by Gasteiger charge is 2.10. The van der Waals surface area contributed by atoms with E-state index >= 15 is 0 Å². The van der Waals surface area contributed by atoms with Crippen molar-refractivity contribution in [3.63, 3.8) is 0 Å². The summed E-state index contributed by atoms with van der Waals surface area (Å²) in [5.41, 5.74) is 5.40. The fraction of sp³-hybridized carbons (Fsp3) is 0.261. The second-order valence-electron chi connectivity index (χ2n) is 6.51. The molecule has 2 aromatic rings. The molecule has 0 unspecified atom stereocenters. The van der Waals surface area contributed by atoms with Gasteiger partial charge >= 0.3 is 5.97 Å². The number of benzene rings is 2. The number of carboxylic acid groups (broad SMARTS) is 1. The van der Waals surface area contributed by atoms with E-state index in [-0.39, 0.29) is 19.0 Å². The number of aryl methyl sites for hydroxylation is 4. The van der Waals surface area contributed by atoms with Gasteiger partial charge < -0.3 is 10.2 Å². The predicted molar refractivity (Wildman–Crippen MR) is 112 cm³/mol. The first-order valence-corrected chi connectivity index (χ1v) is 8.35. The molecule has 0 aliphatic carbocycles.